The lowest BCUT2D eigenvalue weighted by atomic mass is 9.85. The van der Waals surface area contributed by atoms with Gasteiger partial charge in [0.2, 0.25) is 0 Å². The molecule has 0 unspecified atom stereocenters. The van der Waals surface area contributed by atoms with Gasteiger partial charge in [-0.05, 0) is 107 Å². The maximum atomic E-state index is 7.38. The van der Waals surface area contributed by atoms with Crippen LogP contribution >= 0.6 is 0 Å². The molecule has 2 nitrogen and oxygen atoms in total. The van der Waals surface area contributed by atoms with E-state index in [9.17, 15) is 0 Å². The molecule has 1 aliphatic rings. The predicted molar refractivity (Wildman–Crippen MR) is 124 cm³/mol. The summed E-state index contributed by atoms with van der Waals surface area (Å²) in [7, 11) is 0. The zero-order valence-corrected chi connectivity index (χ0v) is 18.1. The second kappa shape index (κ2) is 12.5. The quantitative estimate of drug-likeness (QED) is 0.331. The number of nitrogens with one attached hydrogen (secondary N) is 2. The normalized spacial score (nSPS) is 18.8. The fourth-order valence-electron chi connectivity index (χ4n) is 4.22. The van der Waals surface area contributed by atoms with Crippen molar-refractivity contribution in [3.63, 3.8) is 0 Å². The minimum atomic E-state index is 1.06. The van der Waals surface area contributed by atoms with Gasteiger partial charge in [0, 0.05) is 6.21 Å². The Morgan fingerprint density at radius 3 is 2.50 bits per heavy atom. The number of hydrogen-bond acceptors (Lipinski definition) is 2. The minimum absolute atomic E-state index is 1.06. The van der Waals surface area contributed by atoms with Crippen LogP contribution in [0.4, 0.5) is 0 Å². The van der Waals surface area contributed by atoms with Crippen LogP contribution in [-0.4, -0.2) is 19.3 Å². The zero-order valence-electron chi connectivity index (χ0n) is 18.1. The van der Waals surface area contributed by atoms with Crippen LogP contribution < -0.4 is 5.32 Å². The highest BCUT2D eigenvalue weighted by Gasteiger charge is 2.13. The fourth-order valence-corrected chi connectivity index (χ4v) is 4.22. The Bertz CT molecular complexity index is 707. The Morgan fingerprint density at radius 2 is 1.79 bits per heavy atom. The molecule has 0 saturated heterocycles. The van der Waals surface area contributed by atoms with E-state index in [0.29, 0.717) is 0 Å². The molecule has 1 fully saturated rings. The third kappa shape index (κ3) is 6.91. The highest BCUT2D eigenvalue weighted by Crippen LogP contribution is 2.32. The Balaban J connectivity index is 1.77. The molecule has 1 aliphatic carbocycles. The van der Waals surface area contributed by atoms with Gasteiger partial charge in [0.15, 0.2) is 0 Å². The molecule has 1 saturated carbocycles. The molecular formula is C26H38N2. The highest BCUT2D eigenvalue weighted by molar-refractivity contribution is 5.71. The van der Waals surface area contributed by atoms with E-state index in [-0.39, 0.29) is 0 Å². The summed E-state index contributed by atoms with van der Waals surface area (Å²) in [6.07, 6.45) is 13.0. The van der Waals surface area contributed by atoms with Gasteiger partial charge in [-0.15, -0.1) is 0 Å². The molecule has 0 spiro atoms. The number of allylic oxidation sites excluding steroid dienone is 5. The molecule has 1 aromatic carbocycles. The topological polar surface area (TPSA) is 35.9 Å². The standard InChI is InChI=1S/C26H38N2/c1-4-23(22(3)24-12-6-5-7-13-24)17-20-28-19-10-11-21(2)26-15-9-8-14-25(26)16-18-27/h5-7,12-13,16,18,27-28H,4,8-11,14-15,17,19-20H2,1-3H3/b23-22-,25-16-,26-21+,27-18?. The predicted octanol–water partition coefficient (Wildman–Crippen LogP) is 7.10. The average molecular weight is 379 g/mol. The van der Waals surface area contributed by atoms with Gasteiger partial charge in [-0.25, -0.2) is 0 Å². The van der Waals surface area contributed by atoms with E-state index in [1.54, 1.807) is 5.57 Å². The van der Waals surface area contributed by atoms with Crippen molar-refractivity contribution in [3.05, 3.63) is 64.3 Å². The number of benzene rings is 1. The molecular weight excluding hydrogens is 340 g/mol. The lowest BCUT2D eigenvalue weighted by molar-refractivity contribution is 0.630. The van der Waals surface area contributed by atoms with E-state index >= 15 is 0 Å². The van der Waals surface area contributed by atoms with Crippen LogP contribution in [0.5, 0.6) is 0 Å². The van der Waals surface area contributed by atoms with Gasteiger partial charge < -0.3 is 10.7 Å². The highest BCUT2D eigenvalue weighted by atomic mass is 14.8. The van der Waals surface area contributed by atoms with Gasteiger partial charge in [0.1, 0.15) is 0 Å². The average Bonchev–Trinajstić information content (AvgIpc) is 2.74. The molecule has 0 atom stereocenters. The molecule has 2 heteroatoms. The second-order valence-electron chi connectivity index (χ2n) is 7.88. The van der Waals surface area contributed by atoms with E-state index in [1.165, 1.54) is 59.8 Å². The van der Waals surface area contributed by atoms with Gasteiger partial charge in [0.25, 0.3) is 0 Å². The lowest BCUT2D eigenvalue weighted by Crippen LogP contribution is -2.17. The van der Waals surface area contributed by atoms with E-state index < -0.39 is 0 Å². The van der Waals surface area contributed by atoms with Crippen LogP contribution in [0.25, 0.3) is 5.57 Å². The summed E-state index contributed by atoms with van der Waals surface area (Å²) in [4.78, 5) is 0. The summed E-state index contributed by atoms with van der Waals surface area (Å²) in [5.74, 6) is 0. The molecule has 0 bridgehead atoms. The maximum absolute atomic E-state index is 7.38. The largest absolute Gasteiger partial charge is 0.316 e. The first-order valence-electron chi connectivity index (χ1n) is 11.0. The van der Waals surface area contributed by atoms with Crippen LogP contribution in [0, 0.1) is 5.41 Å². The smallest absolute Gasteiger partial charge is 0.0180 e. The van der Waals surface area contributed by atoms with Crippen LogP contribution in [-0.2, 0) is 0 Å². The molecule has 2 rings (SSSR count). The summed E-state index contributed by atoms with van der Waals surface area (Å²) in [5.41, 5.74) is 8.81. The van der Waals surface area contributed by atoms with Crippen LogP contribution in [0.2, 0.25) is 0 Å². The first kappa shape index (κ1) is 22.4. The van der Waals surface area contributed by atoms with Crippen molar-refractivity contribution in [1.82, 2.24) is 5.32 Å². The first-order chi connectivity index (χ1) is 13.7. The lowest BCUT2D eigenvalue weighted by Gasteiger charge is -2.21. The molecule has 0 aliphatic heterocycles. The molecule has 0 heterocycles. The summed E-state index contributed by atoms with van der Waals surface area (Å²) >= 11 is 0. The zero-order chi connectivity index (χ0) is 20.2. The molecule has 1 aromatic rings. The molecule has 2 N–H and O–H groups in total. The second-order valence-corrected chi connectivity index (χ2v) is 7.88. The number of rotatable bonds is 10. The van der Waals surface area contributed by atoms with Crippen molar-refractivity contribution in [2.45, 2.75) is 72.1 Å². The summed E-state index contributed by atoms with van der Waals surface area (Å²) in [6, 6.07) is 10.7. The molecule has 0 aromatic heterocycles. The van der Waals surface area contributed by atoms with Gasteiger partial charge in [-0.2, -0.15) is 0 Å². The van der Waals surface area contributed by atoms with Crippen molar-refractivity contribution in [2.75, 3.05) is 13.1 Å². The maximum Gasteiger partial charge on any atom is 0.0180 e. The molecule has 0 radical (unpaired) electrons. The Labute approximate surface area is 172 Å². The van der Waals surface area contributed by atoms with E-state index in [2.05, 4.69) is 56.4 Å². The van der Waals surface area contributed by atoms with Crippen molar-refractivity contribution in [3.8, 4) is 0 Å². The van der Waals surface area contributed by atoms with Crippen molar-refractivity contribution >= 4 is 11.8 Å². The third-order valence-electron chi connectivity index (χ3n) is 5.98. The van der Waals surface area contributed by atoms with Gasteiger partial charge in [0.05, 0.1) is 0 Å². The fraction of sp³-hybridized carbons (Fsp3) is 0.500. The monoisotopic (exact) mass is 378 g/mol. The summed E-state index contributed by atoms with van der Waals surface area (Å²) in [5, 5.41) is 11.0. The Hall–Kier alpha value is -1.93. The van der Waals surface area contributed by atoms with E-state index in [4.69, 9.17) is 5.41 Å². The first-order valence-corrected chi connectivity index (χ1v) is 11.0. The van der Waals surface area contributed by atoms with Crippen molar-refractivity contribution < 1.29 is 0 Å². The van der Waals surface area contributed by atoms with Crippen LogP contribution in [0.15, 0.2) is 58.7 Å². The molecule has 0 amide bonds. The van der Waals surface area contributed by atoms with E-state index in [0.717, 1.165) is 38.8 Å². The third-order valence-corrected chi connectivity index (χ3v) is 5.98. The van der Waals surface area contributed by atoms with Crippen LogP contribution in [0.3, 0.4) is 0 Å². The van der Waals surface area contributed by atoms with Gasteiger partial charge >= 0.3 is 0 Å². The minimum Gasteiger partial charge on any atom is -0.316 e. The van der Waals surface area contributed by atoms with Gasteiger partial charge in [-0.1, -0.05) is 48.4 Å². The molecule has 152 valence electrons. The summed E-state index contributed by atoms with van der Waals surface area (Å²) < 4.78 is 0. The van der Waals surface area contributed by atoms with Crippen molar-refractivity contribution in [2.24, 2.45) is 0 Å². The SMILES string of the molecule is CC/C(CCNCCC/C(C)=C1\CCCC\C1=C\C=N)=C(\C)c1ccccc1. The Morgan fingerprint density at radius 1 is 1.04 bits per heavy atom. The summed E-state index contributed by atoms with van der Waals surface area (Å²) in [6.45, 7) is 8.95. The van der Waals surface area contributed by atoms with Crippen molar-refractivity contribution in [1.29, 1.82) is 5.41 Å². The Kier molecular flexibility index (Phi) is 9.99. The molecule has 28 heavy (non-hydrogen) atoms. The number of hydrogen-bond donors (Lipinski definition) is 2. The van der Waals surface area contributed by atoms with Gasteiger partial charge in [-0.3, -0.25) is 0 Å². The van der Waals surface area contributed by atoms with E-state index in [1.807, 2.05) is 6.08 Å². The van der Waals surface area contributed by atoms with Crippen LogP contribution in [0.1, 0.15) is 77.7 Å².